The third kappa shape index (κ3) is 3.57. The molecule has 0 fully saturated rings. The van der Waals surface area contributed by atoms with Crippen molar-refractivity contribution in [3.8, 4) is 0 Å². The van der Waals surface area contributed by atoms with Gasteiger partial charge in [-0.15, -0.1) is 11.3 Å². The number of halogens is 6. The molecule has 0 saturated carbocycles. The van der Waals surface area contributed by atoms with Gasteiger partial charge in [0.15, 0.2) is 0 Å². The Hall–Kier alpha value is -2.85. The van der Waals surface area contributed by atoms with E-state index in [0.29, 0.717) is 33.5 Å². The lowest BCUT2D eigenvalue weighted by molar-refractivity contribution is -0.290. The van der Waals surface area contributed by atoms with E-state index in [2.05, 4.69) is 4.98 Å². The largest absolute Gasteiger partial charge is 0.459 e. The van der Waals surface area contributed by atoms with Crippen LogP contribution in [0.5, 0.6) is 0 Å². The highest BCUT2D eigenvalue weighted by Crippen LogP contribution is 2.44. The fourth-order valence-electron chi connectivity index (χ4n) is 3.40. The highest BCUT2D eigenvalue weighted by atomic mass is 35.5. The van der Waals surface area contributed by atoms with Crippen LogP contribution in [0.1, 0.15) is 42.5 Å². The number of imide groups is 1. The molecule has 0 aliphatic carbocycles. The number of anilines is 1. The molecule has 1 aliphatic rings. The molecule has 0 atom stereocenters. The average Bonchev–Trinajstić information content (AvgIpc) is 3.26. The van der Waals surface area contributed by atoms with Gasteiger partial charge in [-0.3, -0.25) is 9.59 Å². The minimum Gasteiger partial charge on any atom is -0.268 e. The van der Waals surface area contributed by atoms with Crippen molar-refractivity contribution in [2.75, 3.05) is 4.90 Å². The van der Waals surface area contributed by atoms with Gasteiger partial charge in [-0.05, 0) is 36.2 Å². The number of nitrogens with zero attached hydrogens (tertiary/aromatic N) is 2. The second kappa shape index (κ2) is 7.63. The lowest BCUT2D eigenvalue weighted by atomic mass is 10.1. The second-order valence-corrected chi connectivity index (χ2v) is 8.45. The molecule has 0 bridgehead atoms. The third-order valence-corrected chi connectivity index (χ3v) is 6.11. The predicted molar refractivity (Wildman–Crippen MR) is 109 cm³/mol. The Labute approximate surface area is 187 Å². The summed E-state index contributed by atoms with van der Waals surface area (Å²) < 4.78 is 64.5. The Morgan fingerprint density at radius 3 is 2.41 bits per heavy atom. The highest BCUT2D eigenvalue weighted by Gasteiger charge is 2.60. The molecule has 0 spiro atoms. The summed E-state index contributed by atoms with van der Waals surface area (Å²) in [6, 6.07) is 9.26. The molecule has 2 heterocycles. The molecule has 4 nitrogen and oxygen atoms in total. The number of aryl methyl sites for hydroxylation is 1. The van der Waals surface area contributed by atoms with E-state index in [0.717, 1.165) is 4.90 Å². The number of carbonyl (C=O) groups is 2. The van der Waals surface area contributed by atoms with E-state index in [4.69, 9.17) is 11.6 Å². The van der Waals surface area contributed by atoms with E-state index in [1.165, 1.54) is 18.2 Å². The monoisotopic (exact) mass is 486 g/mol. The third-order valence-electron chi connectivity index (χ3n) is 4.95. The summed E-state index contributed by atoms with van der Waals surface area (Å²) in [5.74, 6) is -6.12. The van der Waals surface area contributed by atoms with Gasteiger partial charge in [-0.2, -0.15) is 22.0 Å². The number of fused-ring (bicyclic) bond motifs is 1. The zero-order valence-electron chi connectivity index (χ0n) is 16.1. The molecular weight excluding hydrogens is 475 g/mol. The van der Waals surface area contributed by atoms with Crippen LogP contribution in [0, 0.1) is 6.92 Å². The molecule has 11 heteroatoms. The molecule has 32 heavy (non-hydrogen) atoms. The van der Waals surface area contributed by atoms with E-state index in [1.807, 2.05) is 0 Å². The Bertz CT molecular complexity index is 1260. The fraction of sp³-hybridized carbons (Fsp3) is 0.190. The van der Waals surface area contributed by atoms with Gasteiger partial charge in [-0.25, -0.2) is 9.88 Å². The number of rotatable bonds is 4. The summed E-state index contributed by atoms with van der Waals surface area (Å²) in [7, 11) is 0. The van der Waals surface area contributed by atoms with Crippen LogP contribution in [-0.2, 0) is 12.3 Å². The van der Waals surface area contributed by atoms with Crippen molar-refractivity contribution in [2.24, 2.45) is 0 Å². The van der Waals surface area contributed by atoms with Crippen LogP contribution in [0.2, 0.25) is 5.02 Å². The second-order valence-electron chi connectivity index (χ2n) is 7.10. The highest BCUT2D eigenvalue weighted by molar-refractivity contribution is 7.09. The Morgan fingerprint density at radius 2 is 1.78 bits per heavy atom. The Balaban J connectivity index is 1.59. The zero-order valence-corrected chi connectivity index (χ0v) is 17.7. The number of amides is 2. The van der Waals surface area contributed by atoms with Crippen molar-refractivity contribution in [1.29, 1.82) is 0 Å². The summed E-state index contributed by atoms with van der Waals surface area (Å²) in [6.07, 6.45) is -5.72. The average molecular weight is 487 g/mol. The summed E-state index contributed by atoms with van der Waals surface area (Å²) >= 11 is 6.76. The molecule has 166 valence electrons. The number of carbonyl (C=O) groups excluding carboxylic acids is 2. The number of thiazole rings is 1. The minimum absolute atomic E-state index is 0.00761. The summed E-state index contributed by atoms with van der Waals surface area (Å²) in [5, 5.41) is 0.920. The van der Waals surface area contributed by atoms with Crippen molar-refractivity contribution < 1.29 is 31.5 Å². The van der Waals surface area contributed by atoms with Crippen molar-refractivity contribution in [2.45, 2.75) is 25.4 Å². The molecular formula is C21H12ClF5N2O2S. The van der Waals surface area contributed by atoms with Crippen LogP contribution in [0.3, 0.4) is 0 Å². The summed E-state index contributed by atoms with van der Waals surface area (Å²) in [6.45, 7) is 1.65. The quantitative estimate of drug-likeness (QED) is 0.328. The normalized spacial score (nSPS) is 14.3. The minimum atomic E-state index is -5.73. The van der Waals surface area contributed by atoms with Gasteiger partial charge in [0.2, 0.25) is 0 Å². The molecule has 1 aliphatic heterocycles. The molecule has 1 aromatic heterocycles. The van der Waals surface area contributed by atoms with Crippen LogP contribution in [-0.4, -0.2) is 23.0 Å². The number of hydrogen-bond acceptors (Lipinski definition) is 4. The van der Waals surface area contributed by atoms with Gasteiger partial charge >= 0.3 is 12.1 Å². The molecule has 0 saturated heterocycles. The Morgan fingerprint density at radius 1 is 1.06 bits per heavy atom. The van der Waals surface area contributed by atoms with E-state index in [-0.39, 0.29) is 27.6 Å². The van der Waals surface area contributed by atoms with Crippen LogP contribution in [0.4, 0.5) is 27.6 Å². The maximum Gasteiger partial charge on any atom is 0.459 e. The van der Waals surface area contributed by atoms with Crippen molar-refractivity contribution >= 4 is 40.4 Å². The summed E-state index contributed by atoms with van der Waals surface area (Å²) in [4.78, 5) is 30.0. The first kappa shape index (κ1) is 22.3. The lowest BCUT2D eigenvalue weighted by Gasteiger charge is -2.17. The first-order chi connectivity index (χ1) is 14.9. The molecule has 2 aromatic carbocycles. The van der Waals surface area contributed by atoms with E-state index in [9.17, 15) is 31.5 Å². The van der Waals surface area contributed by atoms with E-state index < -0.39 is 29.6 Å². The SMILES string of the molecule is Cc1cc(Cc2nc(C(F)(F)C(F)(F)F)cs2)ccc1N1C(=O)c2cccc(Cl)c2C1=O. The van der Waals surface area contributed by atoms with Gasteiger partial charge in [0.1, 0.15) is 5.69 Å². The molecule has 0 N–H and O–H groups in total. The van der Waals surface area contributed by atoms with Gasteiger partial charge in [0.05, 0.1) is 26.8 Å². The molecule has 4 rings (SSSR count). The molecule has 0 radical (unpaired) electrons. The van der Waals surface area contributed by atoms with Gasteiger partial charge in [0.25, 0.3) is 11.8 Å². The number of alkyl halides is 5. The van der Waals surface area contributed by atoms with E-state index >= 15 is 0 Å². The zero-order chi connectivity index (χ0) is 23.4. The topological polar surface area (TPSA) is 50.3 Å². The van der Waals surface area contributed by atoms with Gasteiger partial charge < -0.3 is 0 Å². The van der Waals surface area contributed by atoms with Crippen molar-refractivity contribution in [1.82, 2.24) is 4.98 Å². The summed E-state index contributed by atoms with van der Waals surface area (Å²) in [5.41, 5.74) is 0.374. The number of aromatic nitrogens is 1. The van der Waals surface area contributed by atoms with Gasteiger partial charge in [-0.1, -0.05) is 29.8 Å². The van der Waals surface area contributed by atoms with Gasteiger partial charge in [0, 0.05) is 11.8 Å². The van der Waals surface area contributed by atoms with Crippen molar-refractivity contribution in [3.05, 3.63) is 79.8 Å². The Kier molecular flexibility index (Phi) is 5.33. The molecule has 3 aromatic rings. The standard InChI is InChI=1S/C21H12ClF5N2O2S/c1-10-7-11(8-16-28-15(9-32-16)20(23,24)21(25,26)27)5-6-14(10)29-18(30)12-3-2-4-13(22)17(12)19(29)31/h2-7,9H,8H2,1H3. The maximum atomic E-state index is 13.5. The smallest absolute Gasteiger partial charge is 0.268 e. The molecule has 0 unspecified atom stereocenters. The van der Waals surface area contributed by atoms with Crippen LogP contribution < -0.4 is 4.90 Å². The van der Waals surface area contributed by atoms with E-state index in [1.54, 1.807) is 25.1 Å². The van der Waals surface area contributed by atoms with Crippen LogP contribution in [0.25, 0.3) is 0 Å². The number of hydrogen-bond donors (Lipinski definition) is 0. The first-order valence-corrected chi connectivity index (χ1v) is 10.3. The maximum absolute atomic E-state index is 13.5. The van der Waals surface area contributed by atoms with Crippen LogP contribution >= 0.6 is 22.9 Å². The molecule has 2 amide bonds. The first-order valence-electron chi connectivity index (χ1n) is 9.08. The van der Waals surface area contributed by atoms with Crippen LogP contribution in [0.15, 0.2) is 41.8 Å². The number of benzene rings is 2. The predicted octanol–water partition coefficient (Wildman–Crippen LogP) is 6.15. The van der Waals surface area contributed by atoms with Crippen molar-refractivity contribution in [3.63, 3.8) is 0 Å². The lowest BCUT2D eigenvalue weighted by Crippen LogP contribution is -2.34. The fourth-order valence-corrected chi connectivity index (χ4v) is 4.50.